The van der Waals surface area contributed by atoms with Gasteiger partial charge in [0.25, 0.3) is 6.33 Å². The van der Waals surface area contributed by atoms with Crippen molar-refractivity contribution in [3.8, 4) is 40.8 Å². The molecule has 0 aliphatic heterocycles. The van der Waals surface area contributed by atoms with Gasteiger partial charge in [0.05, 0.1) is 40.0 Å². The van der Waals surface area contributed by atoms with Crippen molar-refractivity contribution >= 4 is 32.8 Å². The van der Waals surface area contributed by atoms with Crippen LogP contribution in [0.1, 0.15) is 37.5 Å². The maximum Gasteiger partial charge on any atom is 0.268 e. The summed E-state index contributed by atoms with van der Waals surface area (Å²) in [4.78, 5) is 4.78. The zero-order chi connectivity index (χ0) is 33.7. The molecule has 0 bridgehead atoms. The molecule has 0 unspecified atom stereocenters. The van der Waals surface area contributed by atoms with Crippen LogP contribution in [0.3, 0.4) is 0 Å². The van der Waals surface area contributed by atoms with Crippen molar-refractivity contribution in [3.05, 3.63) is 151 Å². The van der Waals surface area contributed by atoms with Crippen molar-refractivity contribution in [1.82, 2.24) is 14.1 Å². The first-order valence-electron chi connectivity index (χ1n) is 15.8. The summed E-state index contributed by atoms with van der Waals surface area (Å²) in [7, 11) is 0. The summed E-state index contributed by atoms with van der Waals surface area (Å²) in [5, 5.41) is 21.3. The number of para-hydroxylation sites is 3. The molecule has 8 aromatic rings. The molecule has 0 amide bonds. The van der Waals surface area contributed by atoms with Crippen LogP contribution in [0.4, 0.5) is 0 Å². The van der Waals surface area contributed by atoms with E-state index in [-0.39, 0.29) is 26.5 Å². The van der Waals surface area contributed by atoms with Gasteiger partial charge in [0.15, 0.2) is 0 Å². The fourth-order valence-electron chi connectivity index (χ4n) is 6.22. The number of hydrogen-bond donors (Lipinski definition) is 0. The minimum atomic E-state index is -0.0305. The van der Waals surface area contributed by atoms with Crippen LogP contribution < -0.4 is 9.30 Å². The number of hydrogen-bond acceptors (Lipinski definition) is 4. The Kier molecular flexibility index (Phi) is 8.32. The molecule has 5 aromatic carbocycles. The van der Waals surface area contributed by atoms with Crippen LogP contribution in [0.2, 0.25) is 0 Å². The standard InChI is InChI=1S/C42H28N6O.Pt/c1-42(2,3)30-17-18-45-41(22-30)48-37-12-5-4-11-35(37)36-16-15-34(24-40(36)48)49-33-10-8-9-31(23-33)46-27-47(39-14-7-6-13-38(39)46)32-20-28(25-43)19-29(21-32)26-44;/h4-22H,1-3H3;/q-2;. The molecule has 0 N–H and O–H groups in total. The van der Waals surface area contributed by atoms with Crippen LogP contribution in [-0.2, 0) is 26.5 Å². The smallest absolute Gasteiger partial charge is 0.268 e. The number of nitrogens with zero attached hydrogens (tertiary/aromatic N) is 6. The number of ether oxygens (including phenoxy) is 1. The molecule has 0 aliphatic carbocycles. The predicted molar refractivity (Wildman–Crippen MR) is 188 cm³/mol. The number of rotatable bonds is 5. The van der Waals surface area contributed by atoms with Crippen molar-refractivity contribution in [2.45, 2.75) is 26.2 Å². The fourth-order valence-corrected chi connectivity index (χ4v) is 6.22. The van der Waals surface area contributed by atoms with Gasteiger partial charge in [-0.1, -0.05) is 68.8 Å². The molecule has 7 nitrogen and oxygen atoms in total. The topological polar surface area (TPSA) is 83.4 Å². The van der Waals surface area contributed by atoms with Crippen LogP contribution in [0, 0.1) is 41.1 Å². The van der Waals surface area contributed by atoms with Crippen molar-refractivity contribution in [1.29, 1.82) is 10.5 Å². The van der Waals surface area contributed by atoms with Gasteiger partial charge in [-0.05, 0) is 58.5 Å². The predicted octanol–water partition coefficient (Wildman–Crippen LogP) is 8.63. The van der Waals surface area contributed by atoms with E-state index in [0.29, 0.717) is 34.0 Å². The van der Waals surface area contributed by atoms with Crippen LogP contribution in [0.5, 0.6) is 11.5 Å². The normalized spacial score (nSPS) is 11.3. The SMILES string of the molecule is CC(C)(C)c1ccnc(-n2c3[c-]c(Oc4[c-]c(-n5[c-][n+](-c6cc(C#N)cc(C#N)c6)c6ccccc65)ccc4)ccc3c3ccccc32)c1.[Pt]. The van der Waals surface area contributed by atoms with Gasteiger partial charge in [-0.15, -0.1) is 29.7 Å². The quantitative estimate of drug-likeness (QED) is 0.129. The Hall–Kier alpha value is -6.01. The number of nitriles is 2. The summed E-state index contributed by atoms with van der Waals surface area (Å²) in [6.07, 6.45) is 5.27. The summed E-state index contributed by atoms with van der Waals surface area (Å²) in [5.74, 6) is 1.89. The zero-order valence-corrected chi connectivity index (χ0v) is 29.6. The van der Waals surface area contributed by atoms with E-state index in [1.807, 2.05) is 76.0 Å². The van der Waals surface area contributed by atoms with Gasteiger partial charge < -0.3 is 13.9 Å². The van der Waals surface area contributed by atoms with E-state index < -0.39 is 0 Å². The van der Waals surface area contributed by atoms with Gasteiger partial charge in [-0.25, -0.2) is 4.98 Å². The molecule has 8 rings (SSSR count). The van der Waals surface area contributed by atoms with E-state index in [1.165, 1.54) is 5.56 Å². The zero-order valence-electron chi connectivity index (χ0n) is 27.4. The molecule has 0 radical (unpaired) electrons. The average Bonchev–Trinajstić information content (AvgIpc) is 3.67. The molecule has 0 aliphatic rings. The Bertz CT molecular complexity index is 2630. The maximum atomic E-state index is 9.58. The second kappa shape index (κ2) is 12.8. The molecule has 3 heterocycles. The third-order valence-electron chi connectivity index (χ3n) is 8.61. The maximum absolute atomic E-state index is 9.58. The Morgan fingerprint density at radius 3 is 2.22 bits per heavy atom. The third kappa shape index (κ3) is 5.73. The summed E-state index contributed by atoms with van der Waals surface area (Å²) >= 11 is 0. The molecule has 0 atom stereocenters. The van der Waals surface area contributed by atoms with E-state index in [4.69, 9.17) is 9.72 Å². The summed E-state index contributed by atoms with van der Waals surface area (Å²) in [6, 6.07) is 46.4. The number of fused-ring (bicyclic) bond motifs is 4. The summed E-state index contributed by atoms with van der Waals surface area (Å²) in [5.41, 5.74) is 6.99. The third-order valence-corrected chi connectivity index (χ3v) is 8.61. The molecule has 0 saturated heterocycles. The van der Waals surface area contributed by atoms with Gasteiger partial charge in [0.1, 0.15) is 5.82 Å². The molecular formula is C42H28N6OPt-2. The first-order valence-corrected chi connectivity index (χ1v) is 15.8. The van der Waals surface area contributed by atoms with E-state index >= 15 is 0 Å². The second-order valence-electron chi connectivity index (χ2n) is 12.8. The molecule has 0 fully saturated rings. The van der Waals surface area contributed by atoms with Crippen LogP contribution in [0.15, 0.2) is 115 Å². The molecule has 0 spiro atoms. The molecule has 3 aromatic heterocycles. The van der Waals surface area contributed by atoms with E-state index in [9.17, 15) is 10.5 Å². The minimum Gasteiger partial charge on any atom is -0.510 e. The van der Waals surface area contributed by atoms with E-state index in [0.717, 1.165) is 38.7 Å². The van der Waals surface area contributed by atoms with Gasteiger partial charge >= 0.3 is 0 Å². The molecule has 8 heteroatoms. The molecule has 244 valence electrons. The number of imidazole rings is 1. The minimum absolute atomic E-state index is 0. The van der Waals surface area contributed by atoms with E-state index in [2.05, 4.69) is 86.3 Å². The van der Waals surface area contributed by atoms with Crippen LogP contribution >= 0.6 is 0 Å². The number of aromatic nitrogens is 4. The van der Waals surface area contributed by atoms with Crippen molar-refractivity contribution in [3.63, 3.8) is 0 Å². The summed E-state index contributed by atoms with van der Waals surface area (Å²) in [6.45, 7) is 6.60. The fraction of sp³-hybridized carbons (Fsp3) is 0.0952. The average molecular weight is 828 g/mol. The first kappa shape index (κ1) is 32.5. The van der Waals surface area contributed by atoms with Crippen molar-refractivity contribution < 1.29 is 30.4 Å². The Morgan fingerprint density at radius 1 is 0.740 bits per heavy atom. The van der Waals surface area contributed by atoms with Crippen LogP contribution in [-0.4, -0.2) is 14.1 Å². The molecule has 50 heavy (non-hydrogen) atoms. The van der Waals surface area contributed by atoms with E-state index in [1.54, 1.807) is 18.2 Å². The largest absolute Gasteiger partial charge is 0.510 e. The van der Waals surface area contributed by atoms with Gasteiger partial charge in [0.2, 0.25) is 0 Å². The van der Waals surface area contributed by atoms with Gasteiger partial charge in [0, 0.05) is 44.3 Å². The second-order valence-corrected chi connectivity index (χ2v) is 12.8. The Labute approximate surface area is 304 Å². The Morgan fingerprint density at radius 2 is 1.46 bits per heavy atom. The van der Waals surface area contributed by atoms with Gasteiger partial charge in [-0.3, -0.25) is 4.57 Å². The van der Waals surface area contributed by atoms with Crippen molar-refractivity contribution in [2.24, 2.45) is 0 Å². The van der Waals surface area contributed by atoms with Crippen LogP contribution in [0.25, 0.3) is 50.0 Å². The van der Waals surface area contributed by atoms with Crippen molar-refractivity contribution in [2.75, 3.05) is 0 Å². The first-order chi connectivity index (χ1) is 23.8. The van der Waals surface area contributed by atoms with Gasteiger partial charge in [-0.2, -0.15) is 28.7 Å². The monoisotopic (exact) mass is 827 g/mol. The molecular weight excluding hydrogens is 800 g/mol. The summed E-state index contributed by atoms with van der Waals surface area (Å²) < 4.78 is 12.3. The number of benzene rings is 5. The Balaban J connectivity index is 0.00000392. The molecule has 0 saturated carbocycles. The number of pyridine rings is 1.